The van der Waals surface area contributed by atoms with E-state index in [4.69, 9.17) is 0 Å². The van der Waals surface area contributed by atoms with Crippen LogP contribution in [0.5, 0.6) is 0 Å². The number of aryl methyl sites for hydroxylation is 1. The number of rotatable bonds is 4. The number of amides is 1. The molecule has 1 saturated carbocycles. The number of hydrogen-bond acceptors (Lipinski definition) is 3. The van der Waals surface area contributed by atoms with Crippen LogP contribution in [-0.4, -0.2) is 59.1 Å². The number of piperazine rings is 1. The zero-order valence-electron chi connectivity index (χ0n) is 13.8. The average Bonchev–Trinajstić information content (AvgIpc) is 3.02. The molecule has 2 atom stereocenters. The lowest BCUT2D eigenvalue weighted by atomic mass is 10.1. The van der Waals surface area contributed by atoms with Crippen molar-refractivity contribution in [2.75, 3.05) is 26.2 Å². The minimum Gasteiger partial charge on any atom is -0.391 e. The predicted octanol–water partition coefficient (Wildman–Crippen LogP) is 1.95. The van der Waals surface area contributed by atoms with Crippen molar-refractivity contribution in [3.8, 4) is 0 Å². The molecule has 24 heavy (non-hydrogen) atoms. The SMILES string of the molecule is O=C(CCc1cccc(F)c1F)N1CCN([C@H]2CCC[C@H]2O)CC1. The Morgan fingerprint density at radius 1 is 1.17 bits per heavy atom. The summed E-state index contributed by atoms with van der Waals surface area (Å²) in [6.07, 6.45) is 3.10. The molecule has 0 radical (unpaired) electrons. The molecule has 0 aromatic heterocycles. The highest BCUT2D eigenvalue weighted by atomic mass is 19.2. The topological polar surface area (TPSA) is 43.8 Å². The first-order chi connectivity index (χ1) is 11.6. The fourth-order valence-electron chi connectivity index (χ4n) is 3.79. The molecule has 1 amide bonds. The Balaban J connectivity index is 1.48. The maximum Gasteiger partial charge on any atom is 0.222 e. The van der Waals surface area contributed by atoms with Crippen LogP contribution in [-0.2, 0) is 11.2 Å². The molecule has 0 spiro atoms. The molecular weight excluding hydrogens is 314 g/mol. The van der Waals surface area contributed by atoms with Crippen LogP contribution in [0.4, 0.5) is 8.78 Å². The van der Waals surface area contributed by atoms with E-state index in [1.54, 1.807) is 4.90 Å². The van der Waals surface area contributed by atoms with Gasteiger partial charge in [-0.05, 0) is 37.3 Å². The van der Waals surface area contributed by atoms with Gasteiger partial charge in [-0.25, -0.2) is 8.78 Å². The molecule has 6 heteroatoms. The number of halogens is 2. The van der Waals surface area contributed by atoms with Gasteiger partial charge in [0, 0.05) is 38.6 Å². The highest BCUT2D eigenvalue weighted by Gasteiger charge is 2.33. The molecule has 2 fully saturated rings. The van der Waals surface area contributed by atoms with Crippen molar-refractivity contribution >= 4 is 5.91 Å². The zero-order valence-corrected chi connectivity index (χ0v) is 13.8. The summed E-state index contributed by atoms with van der Waals surface area (Å²) in [7, 11) is 0. The Morgan fingerprint density at radius 2 is 1.92 bits per heavy atom. The number of aliphatic hydroxyl groups excluding tert-OH is 1. The van der Waals surface area contributed by atoms with E-state index in [1.165, 1.54) is 12.1 Å². The van der Waals surface area contributed by atoms with Crippen LogP contribution < -0.4 is 0 Å². The highest BCUT2D eigenvalue weighted by molar-refractivity contribution is 5.76. The zero-order chi connectivity index (χ0) is 17.1. The fourth-order valence-corrected chi connectivity index (χ4v) is 3.79. The summed E-state index contributed by atoms with van der Waals surface area (Å²) in [6, 6.07) is 4.29. The summed E-state index contributed by atoms with van der Waals surface area (Å²) in [5, 5.41) is 9.99. The van der Waals surface area contributed by atoms with E-state index in [-0.39, 0.29) is 36.5 Å². The second kappa shape index (κ2) is 7.57. The molecule has 0 bridgehead atoms. The van der Waals surface area contributed by atoms with Crippen LogP contribution >= 0.6 is 0 Å². The maximum absolute atomic E-state index is 13.6. The number of benzene rings is 1. The Kier molecular flexibility index (Phi) is 5.46. The van der Waals surface area contributed by atoms with Crippen molar-refractivity contribution in [3.63, 3.8) is 0 Å². The first-order valence-electron chi connectivity index (χ1n) is 8.69. The smallest absolute Gasteiger partial charge is 0.222 e. The van der Waals surface area contributed by atoms with Gasteiger partial charge in [0.2, 0.25) is 5.91 Å². The van der Waals surface area contributed by atoms with E-state index in [2.05, 4.69) is 4.90 Å². The van der Waals surface area contributed by atoms with Crippen LogP contribution in [0.2, 0.25) is 0 Å². The van der Waals surface area contributed by atoms with Gasteiger partial charge in [0.1, 0.15) is 0 Å². The molecule has 1 aromatic rings. The van der Waals surface area contributed by atoms with Crippen LogP contribution in [0.3, 0.4) is 0 Å². The third-order valence-corrected chi connectivity index (χ3v) is 5.22. The Hall–Kier alpha value is -1.53. The molecule has 1 aliphatic carbocycles. The highest BCUT2D eigenvalue weighted by Crippen LogP contribution is 2.25. The summed E-state index contributed by atoms with van der Waals surface area (Å²) in [6.45, 7) is 2.80. The third-order valence-electron chi connectivity index (χ3n) is 5.22. The van der Waals surface area contributed by atoms with Gasteiger partial charge in [0.25, 0.3) is 0 Å². The van der Waals surface area contributed by atoms with Gasteiger partial charge in [-0.15, -0.1) is 0 Å². The Morgan fingerprint density at radius 3 is 2.58 bits per heavy atom. The van der Waals surface area contributed by atoms with Gasteiger partial charge in [-0.3, -0.25) is 9.69 Å². The van der Waals surface area contributed by atoms with Crippen LogP contribution in [0.25, 0.3) is 0 Å². The lowest BCUT2D eigenvalue weighted by molar-refractivity contribution is -0.133. The number of carbonyl (C=O) groups is 1. The van der Waals surface area contributed by atoms with Crippen molar-refractivity contribution in [1.29, 1.82) is 0 Å². The Bertz CT molecular complexity index is 588. The summed E-state index contributed by atoms with van der Waals surface area (Å²) in [5.41, 5.74) is 0.246. The molecule has 1 aliphatic heterocycles. The standard InChI is InChI=1S/C18H24F2N2O2/c19-14-4-1-3-13(18(14)20)7-8-17(24)22-11-9-21(10-12-22)15-5-2-6-16(15)23/h1,3-4,15-16,23H,2,5-12H2/t15-,16+/m0/s1. The van der Waals surface area contributed by atoms with Crippen LogP contribution in [0.15, 0.2) is 18.2 Å². The van der Waals surface area contributed by atoms with Gasteiger partial charge < -0.3 is 10.0 Å². The normalized spacial score (nSPS) is 25.2. The van der Waals surface area contributed by atoms with E-state index in [1.807, 2.05) is 0 Å². The first-order valence-corrected chi connectivity index (χ1v) is 8.69. The molecule has 3 rings (SSSR count). The van der Waals surface area contributed by atoms with Crippen molar-refractivity contribution < 1.29 is 18.7 Å². The molecule has 1 N–H and O–H groups in total. The van der Waals surface area contributed by atoms with E-state index >= 15 is 0 Å². The molecule has 1 saturated heterocycles. The number of nitrogens with zero attached hydrogens (tertiary/aromatic N) is 2. The van der Waals surface area contributed by atoms with Crippen molar-refractivity contribution in [1.82, 2.24) is 9.80 Å². The second-order valence-electron chi connectivity index (χ2n) is 6.70. The number of hydrogen-bond donors (Lipinski definition) is 1. The molecule has 4 nitrogen and oxygen atoms in total. The summed E-state index contributed by atoms with van der Waals surface area (Å²) >= 11 is 0. The minimum absolute atomic E-state index is 0.0229. The molecule has 1 aromatic carbocycles. The molecule has 132 valence electrons. The van der Waals surface area contributed by atoms with Crippen LogP contribution in [0.1, 0.15) is 31.2 Å². The van der Waals surface area contributed by atoms with Crippen LogP contribution in [0, 0.1) is 11.6 Å². The summed E-state index contributed by atoms with van der Waals surface area (Å²) in [5.74, 6) is -1.75. The molecular formula is C18H24F2N2O2. The van der Waals surface area contributed by atoms with E-state index in [0.29, 0.717) is 13.1 Å². The molecule has 2 aliphatic rings. The van der Waals surface area contributed by atoms with Gasteiger partial charge in [-0.2, -0.15) is 0 Å². The number of carbonyl (C=O) groups excluding carboxylic acids is 1. The average molecular weight is 338 g/mol. The quantitative estimate of drug-likeness (QED) is 0.913. The van der Waals surface area contributed by atoms with Gasteiger partial charge in [0.15, 0.2) is 11.6 Å². The molecule has 1 heterocycles. The van der Waals surface area contributed by atoms with Crippen molar-refractivity contribution in [3.05, 3.63) is 35.4 Å². The second-order valence-corrected chi connectivity index (χ2v) is 6.70. The predicted molar refractivity (Wildman–Crippen MR) is 86.5 cm³/mol. The Labute approximate surface area is 141 Å². The number of aliphatic hydroxyl groups is 1. The van der Waals surface area contributed by atoms with Crippen molar-refractivity contribution in [2.45, 2.75) is 44.2 Å². The van der Waals surface area contributed by atoms with E-state index in [0.717, 1.165) is 38.4 Å². The van der Waals surface area contributed by atoms with Gasteiger partial charge in [0.05, 0.1) is 6.10 Å². The third kappa shape index (κ3) is 3.75. The van der Waals surface area contributed by atoms with Gasteiger partial charge in [-0.1, -0.05) is 12.1 Å². The minimum atomic E-state index is -0.872. The maximum atomic E-state index is 13.6. The van der Waals surface area contributed by atoms with Crippen molar-refractivity contribution in [2.24, 2.45) is 0 Å². The largest absolute Gasteiger partial charge is 0.391 e. The monoisotopic (exact) mass is 338 g/mol. The lowest BCUT2D eigenvalue weighted by Crippen LogP contribution is -2.53. The summed E-state index contributed by atoms with van der Waals surface area (Å²) in [4.78, 5) is 16.4. The lowest BCUT2D eigenvalue weighted by Gasteiger charge is -2.39. The first kappa shape index (κ1) is 17.3. The molecule has 0 unspecified atom stereocenters. The van der Waals surface area contributed by atoms with Gasteiger partial charge >= 0.3 is 0 Å². The fraction of sp³-hybridized carbons (Fsp3) is 0.611. The van der Waals surface area contributed by atoms with E-state index in [9.17, 15) is 18.7 Å². The van der Waals surface area contributed by atoms with E-state index < -0.39 is 11.6 Å². The summed E-state index contributed by atoms with van der Waals surface area (Å²) < 4.78 is 26.8.